The van der Waals surface area contributed by atoms with Crippen LogP contribution in [0.2, 0.25) is 5.02 Å². The number of nitrogens with two attached hydrogens (primary N) is 1. The van der Waals surface area contributed by atoms with Crippen molar-refractivity contribution in [3.05, 3.63) is 50.8 Å². The first-order valence-electron chi connectivity index (χ1n) is 10.5. The number of nitrogens with one attached hydrogen (secondary N) is 1. The predicted molar refractivity (Wildman–Crippen MR) is 118 cm³/mol. The molecule has 2 aromatic rings. The number of carbonyl (C=O) groups excluding carboxylic acids is 2. The van der Waals surface area contributed by atoms with Gasteiger partial charge in [0.2, 0.25) is 5.91 Å². The Morgan fingerprint density at radius 3 is 2.60 bits per heavy atom. The van der Waals surface area contributed by atoms with Crippen molar-refractivity contribution in [2.75, 3.05) is 13.2 Å². The highest BCUT2D eigenvalue weighted by Gasteiger charge is 2.31. The van der Waals surface area contributed by atoms with Crippen molar-refractivity contribution >= 4 is 23.4 Å². The van der Waals surface area contributed by atoms with E-state index in [0.29, 0.717) is 59.8 Å². The summed E-state index contributed by atoms with van der Waals surface area (Å²) >= 11 is 6.54. The molecule has 1 aromatic carbocycles. The quantitative estimate of drug-likeness (QED) is 0.699. The van der Waals surface area contributed by atoms with Crippen LogP contribution < -0.4 is 11.1 Å². The van der Waals surface area contributed by atoms with Crippen LogP contribution in [0.3, 0.4) is 0 Å². The van der Waals surface area contributed by atoms with Crippen molar-refractivity contribution in [3.8, 4) is 11.1 Å². The number of amides is 2. The van der Waals surface area contributed by atoms with Crippen LogP contribution in [-0.4, -0.2) is 29.9 Å². The number of aryl methyl sites for hydroxylation is 1. The van der Waals surface area contributed by atoms with Gasteiger partial charge in [-0.15, -0.1) is 0 Å². The van der Waals surface area contributed by atoms with Crippen LogP contribution in [0, 0.1) is 0 Å². The third-order valence-corrected chi connectivity index (χ3v) is 5.79. The second-order valence-electron chi connectivity index (χ2n) is 7.33. The van der Waals surface area contributed by atoms with Crippen LogP contribution >= 0.6 is 11.6 Å². The Morgan fingerprint density at radius 2 is 1.97 bits per heavy atom. The Balaban J connectivity index is 2.45. The smallest absolute Gasteiger partial charge is 0.270 e. The van der Waals surface area contributed by atoms with E-state index in [1.54, 1.807) is 0 Å². The van der Waals surface area contributed by atoms with Crippen molar-refractivity contribution in [3.63, 3.8) is 0 Å². The normalized spacial score (nSPS) is 13.1. The molecular weight excluding hydrogens is 402 g/mol. The summed E-state index contributed by atoms with van der Waals surface area (Å²) in [5.74, 6) is -0.907. The molecule has 1 aliphatic rings. The highest BCUT2D eigenvalue weighted by molar-refractivity contribution is 6.32. The van der Waals surface area contributed by atoms with Gasteiger partial charge in [-0.3, -0.25) is 9.59 Å². The summed E-state index contributed by atoms with van der Waals surface area (Å²) in [5, 5.41) is 3.50. The minimum atomic E-state index is -0.595. The van der Waals surface area contributed by atoms with E-state index in [4.69, 9.17) is 27.1 Å². The Morgan fingerprint density at radius 1 is 1.20 bits per heavy atom. The zero-order valence-corrected chi connectivity index (χ0v) is 18.5. The van der Waals surface area contributed by atoms with Crippen molar-refractivity contribution in [1.29, 1.82) is 0 Å². The van der Waals surface area contributed by atoms with Gasteiger partial charge in [-0.25, -0.2) is 4.98 Å². The van der Waals surface area contributed by atoms with Crippen molar-refractivity contribution in [2.24, 2.45) is 5.73 Å². The van der Waals surface area contributed by atoms with E-state index in [2.05, 4.69) is 5.32 Å². The summed E-state index contributed by atoms with van der Waals surface area (Å²) in [6, 6.07) is 3.80. The van der Waals surface area contributed by atoms with Crippen LogP contribution in [0.4, 0.5) is 0 Å². The Bertz CT molecular complexity index is 988. The third kappa shape index (κ3) is 4.07. The van der Waals surface area contributed by atoms with Gasteiger partial charge in [0.05, 0.1) is 18.8 Å². The average molecular weight is 430 g/mol. The molecule has 1 aliphatic heterocycles. The first-order valence-corrected chi connectivity index (χ1v) is 10.8. The van der Waals surface area contributed by atoms with Crippen LogP contribution in [0.1, 0.15) is 70.4 Å². The lowest BCUT2D eigenvalue weighted by molar-refractivity contribution is 0.0940. The van der Waals surface area contributed by atoms with E-state index in [1.807, 2.05) is 32.9 Å². The molecule has 0 fully saturated rings. The minimum Gasteiger partial charge on any atom is -0.376 e. The van der Waals surface area contributed by atoms with Gasteiger partial charge in [0, 0.05) is 34.8 Å². The zero-order chi connectivity index (χ0) is 21.8. The molecule has 7 heteroatoms. The first-order chi connectivity index (χ1) is 14.4. The molecule has 0 bridgehead atoms. The molecule has 0 saturated heterocycles. The topological polar surface area (TPSA) is 94.3 Å². The number of primary amides is 1. The van der Waals surface area contributed by atoms with Crippen LogP contribution in [-0.2, 0) is 30.6 Å². The minimum absolute atomic E-state index is 0.226. The van der Waals surface area contributed by atoms with Crippen LogP contribution in [0.15, 0.2) is 12.1 Å². The molecule has 0 aliphatic carbocycles. The fourth-order valence-corrected chi connectivity index (χ4v) is 4.29. The highest BCUT2D eigenvalue weighted by Crippen LogP contribution is 2.39. The molecule has 160 valence electrons. The number of benzene rings is 1. The number of ether oxygens (including phenoxy) is 1. The number of fused-ring (bicyclic) bond motifs is 1. The van der Waals surface area contributed by atoms with E-state index in [-0.39, 0.29) is 18.2 Å². The summed E-state index contributed by atoms with van der Waals surface area (Å²) in [6.45, 7) is 7.26. The molecule has 0 spiro atoms. The summed E-state index contributed by atoms with van der Waals surface area (Å²) in [6.07, 6.45) is 2.67. The van der Waals surface area contributed by atoms with Gasteiger partial charge in [-0.1, -0.05) is 38.4 Å². The lowest BCUT2D eigenvalue weighted by Crippen LogP contribution is -2.30. The number of carbonyl (C=O) groups is 2. The fraction of sp³-hybridized carbons (Fsp3) is 0.435. The second-order valence-corrected chi connectivity index (χ2v) is 7.73. The average Bonchev–Trinajstić information content (AvgIpc) is 2.75. The van der Waals surface area contributed by atoms with Gasteiger partial charge in [0.15, 0.2) is 0 Å². The van der Waals surface area contributed by atoms with Gasteiger partial charge < -0.3 is 15.8 Å². The van der Waals surface area contributed by atoms with Gasteiger partial charge >= 0.3 is 0 Å². The number of aromatic nitrogens is 1. The number of hydrogen-bond donors (Lipinski definition) is 2. The largest absolute Gasteiger partial charge is 0.376 e. The molecule has 0 saturated carbocycles. The zero-order valence-electron chi connectivity index (χ0n) is 17.7. The predicted octanol–water partition coefficient (Wildman–Crippen LogP) is 3.84. The Kier molecular flexibility index (Phi) is 7.10. The van der Waals surface area contributed by atoms with Gasteiger partial charge in [-0.2, -0.15) is 0 Å². The summed E-state index contributed by atoms with van der Waals surface area (Å²) in [5.41, 5.74) is 10.9. The fourth-order valence-electron chi connectivity index (χ4n) is 4.00. The molecular formula is C23H28ClN3O3. The highest BCUT2D eigenvalue weighted by atomic mass is 35.5. The molecule has 1 aromatic heterocycles. The molecule has 3 N–H and O–H groups in total. The summed E-state index contributed by atoms with van der Waals surface area (Å²) in [7, 11) is 0. The first kappa shape index (κ1) is 22.2. The lowest BCUT2D eigenvalue weighted by Gasteiger charge is -2.25. The number of nitrogens with zero attached hydrogens (tertiary/aromatic N) is 1. The number of pyridine rings is 1. The Hall–Kier alpha value is -2.44. The number of hydrogen-bond acceptors (Lipinski definition) is 4. The van der Waals surface area contributed by atoms with Crippen LogP contribution in [0.5, 0.6) is 0 Å². The lowest BCUT2D eigenvalue weighted by atomic mass is 9.85. The molecule has 6 nitrogen and oxygen atoms in total. The van der Waals surface area contributed by atoms with E-state index in [1.165, 1.54) is 0 Å². The van der Waals surface area contributed by atoms with Gasteiger partial charge in [0.1, 0.15) is 5.69 Å². The summed E-state index contributed by atoms with van der Waals surface area (Å²) in [4.78, 5) is 30.6. The summed E-state index contributed by atoms with van der Waals surface area (Å²) < 4.78 is 5.61. The maximum Gasteiger partial charge on any atom is 0.270 e. The number of halogens is 1. The molecule has 3 rings (SSSR count). The van der Waals surface area contributed by atoms with E-state index >= 15 is 0 Å². The maximum absolute atomic E-state index is 13.2. The standard InChI is InChI=1S/C23H28ClN3O3/c1-4-10-26-23(29)21-20(18-13(5-2)7-8-16(24)14(18)6-3)19(22(25)28)15-12-30-11-9-17(15)27-21/h7-8H,4-6,9-12H2,1-3H3,(H2,25,28)(H,26,29). The van der Waals surface area contributed by atoms with Gasteiger partial charge in [-0.05, 0) is 42.0 Å². The van der Waals surface area contributed by atoms with Crippen molar-refractivity contribution < 1.29 is 14.3 Å². The van der Waals surface area contributed by atoms with Crippen molar-refractivity contribution in [2.45, 2.75) is 53.1 Å². The van der Waals surface area contributed by atoms with Crippen molar-refractivity contribution in [1.82, 2.24) is 10.3 Å². The molecule has 0 unspecified atom stereocenters. The maximum atomic E-state index is 13.2. The second kappa shape index (κ2) is 9.58. The molecule has 2 heterocycles. The van der Waals surface area contributed by atoms with E-state index in [9.17, 15) is 9.59 Å². The SMILES string of the molecule is CCCNC(=O)c1nc2c(c(C(N)=O)c1-c1c(CC)ccc(Cl)c1CC)COCC2. The van der Waals surface area contributed by atoms with Crippen LogP contribution in [0.25, 0.3) is 11.1 Å². The Labute approximate surface area is 182 Å². The van der Waals surface area contributed by atoms with Gasteiger partial charge in [0.25, 0.3) is 5.91 Å². The molecule has 0 radical (unpaired) electrons. The molecule has 0 atom stereocenters. The number of rotatable bonds is 7. The molecule has 30 heavy (non-hydrogen) atoms. The van der Waals surface area contributed by atoms with E-state index < -0.39 is 5.91 Å². The monoisotopic (exact) mass is 429 g/mol. The third-order valence-electron chi connectivity index (χ3n) is 5.44. The molecule has 2 amide bonds. The van der Waals surface area contributed by atoms with E-state index in [0.717, 1.165) is 23.1 Å².